The zero-order valence-corrected chi connectivity index (χ0v) is 12.2. The van der Waals surface area contributed by atoms with Crippen LogP contribution < -0.4 is 11.1 Å². The van der Waals surface area contributed by atoms with E-state index >= 15 is 0 Å². The largest absolute Gasteiger partial charge is 0.480 e. The van der Waals surface area contributed by atoms with Crippen LogP contribution in [-0.4, -0.2) is 41.1 Å². The molecule has 5 nitrogen and oxygen atoms in total. The zero-order chi connectivity index (χ0) is 15.0. The summed E-state index contributed by atoms with van der Waals surface area (Å²) in [6, 6.07) is 9.02. The number of nitrogens with two attached hydrogens (primary N) is 1. The van der Waals surface area contributed by atoms with Gasteiger partial charge in [-0.25, -0.2) is 0 Å². The molecule has 2 unspecified atom stereocenters. The number of benzene rings is 1. The molecule has 20 heavy (non-hydrogen) atoms. The van der Waals surface area contributed by atoms with Gasteiger partial charge < -0.3 is 16.2 Å². The maximum Gasteiger partial charge on any atom is 0.321 e. The second-order valence-electron chi connectivity index (χ2n) is 4.58. The number of nitrogens with one attached hydrogen (secondary N) is 1. The van der Waals surface area contributed by atoms with E-state index in [1.54, 1.807) is 0 Å². The van der Waals surface area contributed by atoms with Gasteiger partial charge in [0.05, 0.1) is 5.75 Å². The number of carboxylic acids is 1. The van der Waals surface area contributed by atoms with Gasteiger partial charge in [-0.2, -0.15) is 0 Å². The average molecular weight is 296 g/mol. The van der Waals surface area contributed by atoms with Crippen LogP contribution in [0.2, 0.25) is 0 Å². The first-order valence-electron chi connectivity index (χ1n) is 6.38. The molecule has 0 spiro atoms. The van der Waals surface area contributed by atoms with E-state index < -0.39 is 12.0 Å². The number of hydrogen-bond donors (Lipinski definition) is 3. The number of carbonyl (C=O) groups excluding carboxylic acids is 1. The molecule has 6 heteroatoms. The molecule has 1 aromatic rings. The van der Waals surface area contributed by atoms with Crippen LogP contribution in [0.5, 0.6) is 0 Å². The number of carbonyl (C=O) groups is 2. The maximum atomic E-state index is 11.6. The Bertz CT molecular complexity index is 439. The zero-order valence-electron chi connectivity index (χ0n) is 11.4. The Morgan fingerprint density at radius 2 is 2.00 bits per heavy atom. The molecule has 0 saturated carbocycles. The fourth-order valence-corrected chi connectivity index (χ4v) is 2.37. The molecule has 1 aromatic carbocycles. The van der Waals surface area contributed by atoms with Crippen molar-refractivity contribution in [1.29, 1.82) is 0 Å². The number of hydrogen-bond acceptors (Lipinski definition) is 4. The summed E-state index contributed by atoms with van der Waals surface area (Å²) in [7, 11) is 0. The quantitative estimate of drug-likeness (QED) is 0.667. The van der Waals surface area contributed by atoms with E-state index in [9.17, 15) is 9.59 Å². The van der Waals surface area contributed by atoms with Gasteiger partial charge in [0.15, 0.2) is 0 Å². The molecule has 110 valence electrons. The highest BCUT2D eigenvalue weighted by Crippen LogP contribution is 2.13. The second kappa shape index (κ2) is 8.60. The van der Waals surface area contributed by atoms with Crippen molar-refractivity contribution in [3.05, 3.63) is 35.9 Å². The Hall–Kier alpha value is -1.53. The number of thioether (sulfide) groups is 1. The molecule has 0 fully saturated rings. The topological polar surface area (TPSA) is 92.4 Å². The lowest BCUT2D eigenvalue weighted by molar-refractivity contribution is -0.138. The molecule has 2 atom stereocenters. The van der Waals surface area contributed by atoms with Gasteiger partial charge in [-0.05, 0) is 11.5 Å². The van der Waals surface area contributed by atoms with Gasteiger partial charge in [0.2, 0.25) is 5.91 Å². The molecule has 1 rings (SSSR count). The summed E-state index contributed by atoms with van der Waals surface area (Å²) in [6.45, 7) is 2.61. The highest BCUT2D eigenvalue weighted by Gasteiger charge is 2.12. The van der Waals surface area contributed by atoms with E-state index in [4.69, 9.17) is 10.8 Å². The smallest absolute Gasteiger partial charge is 0.321 e. The molecule has 0 radical (unpaired) electrons. The van der Waals surface area contributed by atoms with Crippen molar-refractivity contribution in [2.75, 3.05) is 18.1 Å². The predicted octanol–water partition coefficient (Wildman–Crippen LogP) is 1.05. The minimum atomic E-state index is -1.05. The summed E-state index contributed by atoms with van der Waals surface area (Å²) < 4.78 is 0. The van der Waals surface area contributed by atoms with Crippen molar-refractivity contribution in [3.63, 3.8) is 0 Å². The summed E-state index contributed by atoms with van der Waals surface area (Å²) in [5, 5.41) is 11.4. The van der Waals surface area contributed by atoms with Crippen molar-refractivity contribution < 1.29 is 14.7 Å². The fraction of sp³-hybridized carbons (Fsp3) is 0.429. The van der Waals surface area contributed by atoms with Crippen LogP contribution >= 0.6 is 11.8 Å². The van der Waals surface area contributed by atoms with Gasteiger partial charge in [-0.1, -0.05) is 37.3 Å². The summed E-state index contributed by atoms with van der Waals surface area (Å²) in [4.78, 5) is 22.1. The monoisotopic (exact) mass is 296 g/mol. The SMILES string of the molecule is CC(CNC(=O)CSCC(N)C(=O)O)c1ccccc1. The second-order valence-corrected chi connectivity index (χ2v) is 5.61. The van der Waals surface area contributed by atoms with Crippen LogP contribution in [0.1, 0.15) is 18.4 Å². The lowest BCUT2D eigenvalue weighted by atomic mass is 10.0. The van der Waals surface area contributed by atoms with E-state index in [0.29, 0.717) is 6.54 Å². The summed E-state index contributed by atoms with van der Waals surface area (Å²) in [6.07, 6.45) is 0. The third-order valence-corrected chi connectivity index (χ3v) is 3.88. The molecule has 0 heterocycles. The average Bonchev–Trinajstić information content (AvgIpc) is 2.45. The van der Waals surface area contributed by atoms with Gasteiger partial charge >= 0.3 is 5.97 Å². The highest BCUT2D eigenvalue weighted by atomic mass is 32.2. The molecule has 0 bridgehead atoms. The van der Waals surface area contributed by atoms with Gasteiger partial charge in [0.1, 0.15) is 6.04 Å². The van der Waals surface area contributed by atoms with Crippen LogP contribution in [0.15, 0.2) is 30.3 Å². The summed E-state index contributed by atoms with van der Waals surface area (Å²) in [5.41, 5.74) is 6.52. The van der Waals surface area contributed by atoms with Gasteiger partial charge in [0, 0.05) is 12.3 Å². The van der Waals surface area contributed by atoms with E-state index in [1.165, 1.54) is 17.3 Å². The minimum Gasteiger partial charge on any atom is -0.480 e. The van der Waals surface area contributed by atoms with Crippen molar-refractivity contribution in [1.82, 2.24) is 5.32 Å². The Kier molecular flexibility index (Phi) is 7.11. The number of aliphatic carboxylic acids is 1. The Balaban J connectivity index is 2.22. The molecular weight excluding hydrogens is 276 g/mol. The predicted molar refractivity (Wildman–Crippen MR) is 80.8 cm³/mol. The van der Waals surface area contributed by atoms with Gasteiger partial charge in [-0.3, -0.25) is 9.59 Å². The van der Waals surface area contributed by atoms with Crippen molar-refractivity contribution >= 4 is 23.6 Å². The maximum absolute atomic E-state index is 11.6. The number of amides is 1. The third kappa shape index (κ3) is 6.08. The van der Waals surface area contributed by atoms with Crippen LogP contribution in [-0.2, 0) is 9.59 Å². The molecule has 0 aromatic heterocycles. The van der Waals surface area contributed by atoms with Crippen LogP contribution in [0.4, 0.5) is 0 Å². The first-order valence-corrected chi connectivity index (χ1v) is 7.54. The van der Waals surface area contributed by atoms with Crippen LogP contribution in [0.25, 0.3) is 0 Å². The van der Waals surface area contributed by atoms with Crippen molar-refractivity contribution in [2.45, 2.75) is 18.9 Å². The fourth-order valence-electron chi connectivity index (χ4n) is 1.57. The first-order chi connectivity index (χ1) is 9.50. The Morgan fingerprint density at radius 3 is 2.60 bits per heavy atom. The Morgan fingerprint density at radius 1 is 1.35 bits per heavy atom. The number of carboxylic acid groups (broad SMARTS) is 1. The number of rotatable bonds is 8. The molecule has 0 aliphatic rings. The van der Waals surface area contributed by atoms with Gasteiger partial charge in [0.25, 0.3) is 0 Å². The van der Waals surface area contributed by atoms with Gasteiger partial charge in [-0.15, -0.1) is 11.8 Å². The molecule has 4 N–H and O–H groups in total. The van der Waals surface area contributed by atoms with E-state index in [-0.39, 0.29) is 23.3 Å². The standard InChI is InChI=1S/C14H20N2O3S/c1-10(11-5-3-2-4-6-11)7-16-13(17)9-20-8-12(15)14(18)19/h2-6,10,12H,7-9,15H2,1H3,(H,16,17)(H,18,19). The van der Waals surface area contributed by atoms with E-state index in [2.05, 4.69) is 5.32 Å². The van der Waals surface area contributed by atoms with Crippen molar-refractivity contribution in [2.24, 2.45) is 5.73 Å². The summed E-state index contributed by atoms with van der Waals surface area (Å²) in [5.74, 6) is -0.447. The molecule has 0 aliphatic heterocycles. The van der Waals surface area contributed by atoms with E-state index in [1.807, 2.05) is 37.3 Å². The lowest BCUT2D eigenvalue weighted by Crippen LogP contribution is -2.34. The lowest BCUT2D eigenvalue weighted by Gasteiger charge is -2.13. The summed E-state index contributed by atoms with van der Waals surface area (Å²) >= 11 is 1.23. The van der Waals surface area contributed by atoms with E-state index in [0.717, 1.165) is 0 Å². The first kappa shape index (κ1) is 16.5. The molecular formula is C14H20N2O3S. The molecule has 0 aliphatic carbocycles. The van der Waals surface area contributed by atoms with Crippen LogP contribution in [0, 0.1) is 0 Å². The minimum absolute atomic E-state index is 0.102. The molecule has 0 saturated heterocycles. The third-order valence-electron chi connectivity index (χ3n) is 2.82. The molecule has 1 amide bonds. The van der Waals surface area contributed by atoms with Crippen molar-refractivity contribution in [3.8, 4) is 0 Å². The van der Waals surface area contributed by atoms with Crippen LogP contribution in [0.3, 0.4) is 0 Å². The highest BCUT2D eigenvalue weighted by molar-refractivity contribution is 8.00. The normalized spacial score (nSPS) is 13.5. The Labute approximate surface area is 122 Å².